The summed E-state index contributed by atoms with van der Waals surface area (Å²) < 4.78 is 27.6. The molecular weight excluding hydrogens is 410 g/mol. The Hall–Kier alpha value is -2.12. The Balaban J connectivity index is 1.33. The van der Waals surface area contributed by atoms with E-state index in [-0.39, 0.29) is 18.0 Å². The predicted octanol–water partition coefficient (Wildman–Crippen LogP) is 3.65. The Morgan fingerprint density at radius 1 is 0.935 bits per heavy atom. The number of hydrogen-bond donors (Lipinski definition) is 1. The standard InChI is InChI=1S/C24H31N3O3S/c28-22(25-18-24(13-3-1-4-14-24)26-15-5-2-6-16-26)17-27-20-11-7-9-19-10-8-12-21(23(19)20)31(27,29)30/h7-12H,1-6,13-18H2,(H,25,28). The SMILES string of the molecule is O=C(CN1c2cccc3cccc(c23)S1(=O)=O)NCC1(N2CCCCC2)CCCCC1. The lowest BCUT2D eigenvalue weighted by atomic mass is 9.79. The molecule has 3 aliphatic rings. The number of anilines is 1. The summed E-state index contributed by atoms with van der Waals surface area (Å²) >= 11 is 0. The fourth-order valence-corrected chi connectivity index (χ4v) is 7.43. The third kappa shape index (κ3) is 3.61. The van der Waals surface area contributed by atoms with Gasteiger partial charge in [-0.3, -0.25) is 14.0 Å². The van der Waals surface area contributed by atoms with Crippen molar-refractivity contribution in [1.29, 1.82) is 0 Å². The molecule has 5 rings (SSSR count). The number of sulfonamides is 1. The number of carbonyl (C=O) groups excluding carboxylic acids is 1. The molecule has 0 unspecified atom stereocenters. The molecule has 31 heavy (non-hydrogen) atoms. The van der Waals surface area contributed by atoms with Gasteiger partial charge in [0.1, 0.15) is 6.54 Å². The molecule has 2 heterocycles. The lowest BCUT2D eigenvalue weighted by Crippen LogP contribution is -2.58. The smallest absolute Gasteiger partial charge is 0.265 e. The van der Waals surface area contributed by atoms with Crippen LogP contribution in [0.15, 0.2) is 41.3 Å². The summed E-state index contributed by atoms with van der Waals surface area (Å²) in [6.45, 7) is 2.64. The van der Waals surface area contributed by atoms with Gasteiger partial charge in [0.2, 0.25) is 5.91 Å². The molecule has 1 saturated carbocycles. The van der Waals surface area contributed by atoms with Gasteiger partial charge in [0.15, 0.2) is 0 Å². The van der Waals surface area contributed by atoms with Gasteiger partial charge in [-0.05, 0) is 56.3 Å². The highest BCUT2D eigenvalue weighted by atomic mass is 32.2. The molecule has 0 aromatic heterocycles. The van der Waals surface area contributed by atoms with Gasteiger partial charge in [-0.15, -0.1) is 0 Å². The van der Waals surface area contributed by atoms with E-state index in [9.17, 15) is 13.2 Å². The van der Waals surface area contributed by atoms with Gasteiger partial charge in [0.25, 0.3) is 10.0 Å². The van der Waals surface area contributed by atoms with Crippen LogP contribution in [0.4, 0.5) is 5.69 Å². The molecule has 0 radical (unpaired) electrons. The minimum Gasteiger partial charge on any atom is -0.353 e. The minimum absolute atomic E-state index is 0.0290. The monoisotopic (exact) mass is 441 g/mol. The molecule has 1 saturated heterocycles. The topological polar surface area (TPSA) is 69.7 Å². The molecule has 7 heteroatoms. The molecule has 2 aromatic carbocycles. The Kier molecular flexibility index (Phi) is 5.42. The van der Waals surface area contributed by atoms with Gasteiger partial charge in [0.05, 0.1) is 10.6 Å². The van der Waals surface area contributed by atoms with Crippen LogP contribution in [0.2, 0.25) is 0 Å². The summed E-state index contributed by atoms with van der Waals surface area (Å²) in [7, 11) is -3.71. The van der Waals surface area contributed by atoms with Crippen LogP contribution in [0, 0.1) is 0 Å². The first-order chi connectivity index (χ1) is 15.0. The van der Waals surface area contributed by atoms with Gasteiger partial charge < -0.3 is 5.32 Å². The number of carbonyl (C=O) groups is 1. The molecule has 1 N–H and O–H groups in total. The van der Waals surface area contributed by atoms with Crippen LogP contribution in [-0.2, 0) is 14.8 Å². The van der Waals surface area contributed by atoms with Crippen molar-refractivity contribution < 1.29 is 13.2 Å². The van der Waals surface area contributed by atoms with Gasteiger partial charge >= 0.3 is 0 Å². The van der Waals surface area contributed by atoms with E-state index < -0.39 is 10.0 Å². The van der Waals surface area contributed by atoms with E-state index in [0.29, 0.717) is 17.1 Å². The second-order valence-electron chi connectivity index (χ2n) is 9.25. The number of rotatable bonds is 5. The van der Waals surface area contributed by atoms with Crippen molar-refractivity contribution in [3.8, 4) is 0 Å². The van der Waals surface area contributed by atoms with Gasteiger partial charge in [-0.1, -0.05) is 49.9 Å². The molecule has 166 valence electrons. The number of piperidine rings is 1. The molecule has 1 amide bonds. The summed E-state index contributed by atoms with van der Waals surface area (Å²) in [4.78, 5) is 15.9. The lowest BCUT2D eigenvalue weighted by molar-refractivity contribution is -0.120. The highest BCUT2D eigenvalue weighted by molar-refractivity contribution is 7.93. The van der Waals surface area contributed by atoms with Crippen LogP contribution in [0.5, 0.6) is 0 Å². The molecule has 1 aliphatic carbocycles. The van der Waals surface area contributed by atoms with Crippen molar-refractivity contribution in [2.24, 2.45) is 0 Å². The van der Waals surface area contributed by atoms with Crippen LogP contribution in [0.1, 0.15) is 51.4 Å². The molecule has 0 spiro atoms. The maximum absolute atomic E-state index is 13.2. The van der Waals surface area contributed by atoms with Gasteiger partial charge in [0, 0.05) is 17.5 Å². The zero-order valence-corrected chi connectivity index (χ0v) is 18.8. The molecule has 2 fully saturated rings. The highest BCUT2D eigenvalue weighted by Crippen LogP contribution is 2.41. The van der Waals surface area contributed by atoms with Crippen LogP contribution in [-0.4, -0.2) is 50.9 Å². The van der Waals surface area contributed by atoms with Crippen LogP contribution in [0.3, 0.4) is 0 Å². The van der Waals surface area contributed by atoms with Crippen LogP contribution < -0.4 is 9.62 Å². The van der Waals surface area contributed by atoms with E-state index in [1.165, 1.54) is 42.8 Å². The highest BCUT2D eigenvalue weighted by Gasteiger charge is 2.40. The van der Waals surface area contributed by atoms with Crippen molar-refractivity contribution >= 4 is 32.4 Å². The summed E-state index contributed by atoms with van der Waals surface area (Å²) in [5, 5.41) is 4.73. The molecule has 0 bridgehead atoms. The van der Waals surface area contributed by atoms with Crippen molar-refractivity contribution in [2.45, 2.75) is 61.8 Å². The quantitative estimate of drug-likeness (QED) is 0.769. The second-order valence-corrected chi connectivity index (χ2v) is 11.1. The van der Waals surface area contributed by atoms with E-state index >= 15 is 0 Å². The van der Waals surface area contributed by atoms with Crippen molar-refractivity contribution in [3.05, 3.63) is 36.4 Å². The normalized spacial score (nSPS) is 22.5. The molecule has 6 nitrogen and oxygen atoms in total. The minimum atomic E-state index is -3.71. The van der Waals surface area contributed by atoms with Gasteiger partial charge in [-0.2, -0.15) is 0 Å². The maximum Gasteiger partial charge on any atom is 0.265 e. The Bertz CT molecular complexity index is 1080. The first-order valence-electron chi connectivity index (χ1n) is 11.6. The van der Waals surface area contributed by atoms with Crippen molar-refractivity contribution in [3.63, 3.8) is 0 Å². The summed E-state index contributed by atoms with van der Waals surface area (Å²) in [5.74, 6) is -0.227. The van der Waals surface area contributed by atoms with Gasteiger partial charge in [-0.25, -0.2) is 8.42 Å². The molecule has 0 atom stereocenters. The molecule has 2 aliphatic heterocycles. The number of amides is 1. The van der Waals surface area contributed by atoms with Crippen molar-refractivity contribution in [1.82, 2.24) is 10.2 Å². The largest absolute Gasteiger partial charge is 0.353 e. The Labute approximate surface area is 184 Å². The second kappa shape index (κ2) is 8.10. The van der Waals surface area contributed by atoms with E-state index in [2.05, 4.69) is 10.2 Å². The first kappa shape index (κ1) is 20.8. The number of likely N-dealkylation sites (tertiary alicyclic amines) is 1. The van der Waals surface area contributed by atoms with Crippen LogP contribution >= 0.6 is 0 Å². The summed E-state index contributed by atoms with van der Waals surface area (Å²) in [6, 6.07) is 10.8. The zero-order chi connectivity index (χ0) is 21.5. The average Bonchev–Trinajstić information content (AvgIpc) is 3.02. The lowest BCUT2D eigenvalue weighted by Gasteiger charge is -2.48. The Morgan fingerprint density at radius 2 is 1.61 bits per heavy atom. The molecular formula is C24H31N3O3S. The zero-order valence-electron chi connectivity index (χ0n) is 18.0. The fraction of sp³-hybridized carbons (Fsp3) is 0.542. The number of nitrogens with one attached hydrogen (secondary N) is 1. The van der Waals surface area contributed by atoms with E-state index in [1.54, 1.807) is 18.2 Å². The third-order valence-electron chi connectivity index (χ3n) is 7.39. The first-order valence-corrected chi connectivity index (χ1v) is 13.0. The molecule has 2 aromatic rings. The Morgan fingerprint density at radius 3 is 2.35 bits per heavy atom. The number of nitrogens with zero attached hydrogens (tertiary/aromatic N) is 2. The average molecular weight is 442 g/mol. The van der Waals surface area contributed by atoms with E-state index in [1.807, 2.05) is 18.2 Å². The van der Waals surface area contributed by atoms with Crippen LogP contribution in [0.25, 0.3) is 10.8 Å². The maximum atomic E-state index is 13.2. The fourth-order valence-electron chi connectivity index (χ4n) is 5.76. The summed E-state index contributed by atoms with van der Waals surface area (Å²) in [5.41, 5.74) is 0.632. The van der Waals surface area contributed by atoms with E-state index in [4.69, 9.17) is 0 Å². The van der Waals surface area contributed by atoms with Crippen molar-refractivity contribution in [2.75, 3.05) is 30.5 Å². The third-order valence-corrected chi connectivity index (χ3v) is 9.20. The van der Waals surface area contributed by atoms with E-state index in [0.717, 1.165) is 36.7 Å². The summed E-state index contributed by atoms with van der Waals surface area (Å²) in [6.07, 6.45) is 9.62. The predicted molar refractivity (Wildman–Crippen MR) is 123 cm³/mol. The number of hydrogen-bond acceptors (Lipinski definition) is 4. The number of benzene rings is 2.